The van der Waals surface area contributed by atoms with Gasteiger partial charge in [-0.2, -0.15) is 0 Å². The summed E-state index contributed by atoms with van der Waals surface area (Å²) in [5.41, 5.74) is 1.52. The van der Waals surface area contributed by atoms with Crippen molar-refractivity contribution in [2.24, 2.45) is 0 Å². The van der Waals surface area contributed by atoms with Crippen LogP contribution in [0.25, 0.3) is 0 Å². The number of hydrogen-bond donors (Lipinski definition) is 1. The van der Waals surface area contributed by atoms with E-state index >= 15 is 0 Å². The van der Waals surface area contributed by atoms with Gasteiger partial charge in [-0.15, -0.1) is 0 Å². The lowest BCUT2D eigenvalue weighted by Gasteiger charge is -2.06. The summed E-state index contributed by atoms with van der Waals surface area (Å²) in [4.78, 5) is 11.6. The van der Waals surface area contributed by atoms with Gasteiger partial charge in [0.05, 0.1) is 10.6 Å². The number of benzene rings is 1. The number of nitrogens with one attached hydrogen (secondary N) is 1. The lowest BCUT2D eigenvalue weighted by molar-refractivity contribution is 0.0984. The predicted octanol–water partition coefficient (Wildman–Crippen LogP) is 2.73. The van der Waals surface area contributed by atoms with E-state index in [1.165, 1.54) is 0 Å². The molecule has 0 bridgehead atoms. The third kappa shape index (κ3) is 1.54. The molecule has 1 heterocycles. The number of rotatable bonds is 0. The highest BCUT2D eigenvalue weighted by Crippen LogP contribution is 2.27. The standard InChI is InChI=1S/C10H10ClNO/c11-7-3-1-4-8-10(7)9(13)5-2-6-12-8/h1,3-4,12H,2,5-6H2. The van der Waals surface area contributed by atoms with Gasteiger partial charge < -0.3 is 5.32 Å². The van der Waals surface area contributed by atoms with E-state index in [1.807, 2.05) is 12.1 Å². The van der Waals surface area contributed by atoms with E-state index in [1.54, 1.807) is 6.07 Å². The molecule has 2 rings (SSSR count). The molecule has 1 aliphatic heterocycles. The van der Waals surface area contributed by atoms with Crippen LogP contribution in [0.4, 0.5) is 5.69 Å². The van der Waals surface area contributed by atoms with E-state index in [0.29, 0.717) is 17.0 Å². The maximum Gasteiger partial charge on any atom is 0.166 e. The number of carbonyl (C=O) groups is 1. The van der Waals surface area contributed by atoms with Crippen LogP contribution in [0, 0.1) is 0 Å². The van der Waals surface area contributed by atoms with Crippen LogP contribution in [-0.2, 0) is 0 Å². The Morgan fingerprint density at radius 1 is 1.38 bits per heavy atom. The molecule has 13 heavy (non-hydrogen) atoms. The first kappa shape index (κ1) is 8.57. The maximum absolute atomic E-state index is 11.6. The molecule has 68 valence electrons. The summed E-state index contributed by atoms with van der Waals surface area (Å²) in [5, 5.41) is 3.74. The topological polar surface area (TPSA) is 29.1 Å². The van der Waals surface area contributed by atoms with Gasteiger partial charge in [0.25, 0.3) is 0 Å². The Bertz CT molecular complexity index is 349. The van der Waals surface area contributed by atoms with Gasteiger partial charge in [-0.25, -0.2) is 0 Å². The number of halogens is 1. The van der Waals surface area contributed by atoms with Gasteiger partial charge in [-0.05, 0) is 18.6 Å². The van der Waals surface area contributed by atoms with Crippen LogP contribution in [0.5, 0.6) is 0 Å². The molecule has 1 aromatic carbocycles. The fraction of sp³-hybridized carbons (Fsp3) is 0.300. The highest BCUT2D eigenvalue weighted by atomic mass is 35.5. The molecule has 0 saturated carbocycles. The van der Waals surface area contributed by atoms with E-state index in [2.05, 4.69) is 5.32 Å². The number of anilines is 1. The molecular formula is C10H10ClNO. The van der Waals surface area contributed by atoms with Crippen molar-refractivity contribution in [3.05, 3.63) is 28.8 Å². The molecule has 0 unspecified atom stereocenters. The normalized spacial score (nSPS) is 15.9. The first-order chi connectivity index (χ1) is 6.29. The number of Topliss-reactive ketones (excluding diaryl/α,β-unsaturated/α-hetero) is 1. The summed E-state index contributed by atoms with van der Waals surface area (Å²) in [6.45, 7) is 0.846. The minimum Gasteiger partial charge on any atom is -0.384 e. The van der Waals surface area contributed by atoms with Crippen molar-refractivity contribution in [3.8, 4) is 0 Å². The second-order valence-electron chi connectivity index (χ2n) is 3.12. The molecule has 0 radical (unpaired) electrons. The molecule has 0 fully saturated rings. The van der Waals surface area contributed by atoms with Crippen molar-refractivity contribution in [1.82, 2.24) is 0 Å². The number of fused-ring (bicyclic) bond motifs is 1. The summed E-state index contributed by atoms with van der Waals surface area (Å²) in [7, 11) is 0. The number of hydrogen-bond acceptors (Lipinski definition) is 2. The van der Waals surface area contributed by atoms with Crippen LogP contribution >= 0.6 is 11.6 Å². The van der Waals surface area contributed by atoms with Crippen LogP contribution in [-0.4, -0.2) is 12.3 Å². The Hall–Kier alpha value is -1.02. The Morgan fingerprint density at radius 3 is 3.08 bits per heavy atom. The van der Waals surface area contributed by atoms with Crippen LogP contribution in [0.1, 0.15) is 23.2 Å². The zero-order valence-corrected chi connectivity index (χ0v) is 7.90. The van der Waals surface area contributed by atoms with Gasteiger partial charge >= 0.3 is 0 Å². The summed E-state index contributed by atoms with van der Waals surface area (Å²) in [5.74, 6) is 0.144. The smallest absolute Gasteiger partial charge is 0.166 e. The molecule has 1 aromatic rings. The number of ketones is 1. The van der Waals surface area contributed by atoms with E-state index in [-0.39, 0.29) is 5.78 Å². The molecule has 2 nitrogen and oxygen atoms in total. The van der Waals surface area contributed by atoms with Crippen LogP contribution < -0.4 is 5.32 Å². The molecule has 1 N–H and O–H groups in total. The highest BCUT2D eigenvalue weighted by Gasteiger charge is 2.17. The molecule has 3 heteroatoms. The predicted molar refractivity (Wildman–Crippen MR) is 53.5 cm³/mol. The van der Waals surface area contributed by atoms with Gasteiger partial charge in [0.2, 0.25) is 0 Å². The summed E-state index contributed by atoms with van der Waals surface area (Å²) in [6.07, 6.45) is 1.47. The first-order valence-corrected chi connectivity index (χ1v) is 4.72. The molecule has 0 spiro atoms. The fourth-order valence-electron chi connectivity index (χ4n) is 1.55. The molecule has 0 aromatic heterocycles. The maximum atomic E-state index is 11.6. The molecule has 1 aliphatic rings. The summed E-state index contributed by atoms with van der Waals surface area (Å²) >= 11 is 5.95. The van der Waals surface area contributed by atoms with E-state index in [0.717, 1.165) is 18.7 Å². The largest absolute Gasteiger partial charge is 0.384 e. The van der Waals surface area contributed by atoms with E-state index < -0.39 is 0 Å². The fourth-order valence-corrected chi connectivity index (χ4v) is 1.83. The Kier molecular flexibility index (Phi) is 2.23. The van der Waals surface area contributed by atoms with Crippen LogP contribution in [0.2, 0.25) is 5.02 Å². The SMILES string of the molecule is O=C1CCCNc2cccc(Cl)c21. The van der Waals surface area contributed by atoms with Gasteiger partial charge in [-0.3, -0.25) is 4.79 Å². The second-order valence-corrected chi connectivity index (χ2v) is 3.52. The highest BCUT2D eigenvalue weighted by molar-refractivity contribution is 6.34. The van der Waals surface area contributed by atoms with Crippen LogP contribution in [0.3, 0.4) is 0 Å². The van der Waals surface area contributed by atoms with Crippen molar-refractivity contribution < 1.29 is 4.79 Å². The first-order valence-electron chi connectivity index (χ1n) is 4.34. The zero-order chi connectivity index (χ0) is 9.26. The average molecular weight is 196 g/mol. The van der Waals surface area contributed by atoms with Crippen molar-refractivity contribution in [2.45, 2.75) is 12.8 Å². The lowest BCUT2D eigenvalue weighted by atomic mass is 10.1. The van der Waals surface area contributed by atoms with Crippen molar-refractivity contribution >= 4 is 23.1 Å². The van der Waals surface area contributed by atoms with Gasteiger partial charge in [0, 0.05) is 18.7 Å². The van der Waals surface area contributed by atoms with Crippen LogP contribution in [0.15, 0.2) is 18.2 Å². The van der Waals surface area contributed by atoms with Crippen molar-refractivity contribution in [1.29, 1.82) is 0 Å². The Balaban J connectivity index is 2.55. The van der Waals surface area contributed by atoms with E-state index in [4.69, 9.17) is 11.6 Å². The average Bonchev–Trinajstić information content (AvgIpc) is 2.29. The monoisotopic (exact) mass is 195 g/mol. The molecule has 0 saturated heterocycles. The third-order valence-corrected chi connectivity index (χ3v) is 2.50. The quantitative estimate of drug-likeness (QED) is 0.690. The molecular weight excluding hydrogens is 186 g/mol. The van der Waals surface area contributed by atoms with Gasteiger partial charge in [0.1, 0.15) is 0 Å². The van der Waals surface area contributed by atoms with Gasteiger partial charge in [-0.1, -0.05) is 17.7 Å². The lowest BCUT2D eigenvalue weighted by Crippen LogP contribution is -2.00. The number of carbonyl (C=O) groups excluding carboxylic acids is 1. The minimum absolute atomic E-state index is 0.144. The Morgan fingerprint density at radius 2 is 2.23 bits per heavy atom. The minimum atomic E-state index is 0.144. The van der Waals surface area contributed by atoms with E-state index in [9.17, 15) is 4.79 Å². The Labute approximate surface area is 81.9 Å². The van der Waals surface area contributed by atoms with Gasteiger partial charge in [0.15, 0.2) is 5.78 Å². The summed E-state index contributed by atoms with van der Waals surface area (Å²) in [6, 6.07) is 5.50. The molecule has 0 atom stereocenters. The summed E-state index contributed by atoms with van der Waals surface area (Å²) < 4.78 is 0. The van der Waals surface area contributed by atoms with Crippen molar-refractivity contribution in [3.63, 3.8) is 0 Å². The third-order valence-electron chi connectivity index (χ3n) is 2.19. The second kappa shape index (κ2) is 3.38. The zero-order valence-electron chi connectivity index (χ0n) is 7.14. The molecule has 0 amide bonds. The molecule has 0 aliphatic carbocycles. The van der Waals surface area contributed by atoms with Crippen molar-refractivity contribution in [2.75, 3.05) is 11.9 Å².